The molecule has 0 radical (unpaired) electrons. The zero-order valence-electron chi connectivity index (χ0n) is 6.57. The predicted octanol–water partition coefficient (Wildman–Crippen LogP) is 2.65. The Balaban J connectivity index is 2.47. The highest BCUT2D eigenvalue weighted by molar-refractivity contribution is 7.08. The van der Waals surface area contributed by atoms with Crippen LogP contribution in [0.5, 0.6) is 5.75 Å². The Hall–Kier alpha value is -1.42. The lowest BCUT2D eigenvalue weighted by molar-refractivity contribution is 0.475. The summed E-state index contributed by atoms with van der Waals surface area (Å²) in [5, 5.41) is 8.71. The van der Waals surface area contributed by atoms with Crippen LogP contribution in [0.3, 0.4) is 0 Å². The number of hydrogen-bond donors (Lipinski definition) is 1. The average molecular weight is 195 g/mol. The van der Waals surface area contributed by atoms with Crippen molar-refractivity contribution in [1.29, 1.82) is 0 Å². The summed E-state index contributed by atoms with van der Waals surface area (Å²) in [6, 6.07) is 6.28. The molecule has 2 aromatic rings. The second-order valence-corrected chi connectivity index (χ2v) is 3.33. The number of thiazole rings is 1. The molecule has 1 N–H and O–H groups in total. The van der Waals surface area contributed by atoms with Gasteiger partial charge in [0.05, 0.1) is 5.51 Å². The Labute approximate surface area is 78.3 Å². The lowest BCUT2D eigenvalue weighted by Gasteiger charge is -1.96. The number of phenols is 1. The van der Waals surface area contributed by atoms with Gasteiger partial charge in [-0.25, -0.2) is 4.98 Å². The fourth-order valence-corrected chi connectivity index (χ4v) is 1.57. The summed E-state index contributed by atoms with van der Waals surface area (Å²) in [4.78, 5) is 3.88. The quantitative estimate of drug-likeness (QED) is 0.758. The average Bonchev–Trinajstić information content (AvgIpc) is 2.53. The summed E-state index contributed by atoms with van der Waals surface area (Å²) >= 11 is 0.963. The first-order chi connectivity index (χ1) is 6.27. The van der Waals surface area contributed by atoms with E-state index in [9.17, 15) is 4.39 Å². The number of benzene rings is 1. The highest BCUT2D eigenvalue weighted by Gasteiger charge is 2.06. The molecule has 0 spiro atoms. The summed E-state index contributed by atoms with van der Waals surface area (Å²) in [5.74, 6) is 0.166. The van der Waals surface area contributed by atoms with Crippen molar-refractivity contribution in [2.24, 2.45) is 0 Å². The van der Waals surface area contributed by atoms with Crippen molar-refractivity contribution in [3.05, 3.63) is 34.9 Å². The maximum absolute atomic E-state index is 13.0. The minimum absolute atomic E-state index is 0.166. The molecule has 4 heteroatoms. The van der Waals surface area contributed by atoms with E-state index in [1.54, 1.807) is 12.1 Å². The number of rotatable bonds is 1. The second kappa shape index (κ2) is 3.14. The monoisotopic (exact) mass is 195 g/mol. The first-order valence-corrected chi connectivity index (χ1v) is 4.54. The molecule has 66 valence electrons. The van der Waals surface area contributed by atoms with Crippen molar-refractivity contribution in [1.82, 2.24) is 4.98 Å². The maximum atomic E-state index is 13.0. The third kappa shape index (κ3) is 1.53. The molecule has 0 fully saturated rings. The van der Waals surface area contributed by atoms with Crippen LogP contribution in [-0.2, 0) is 0 Å². The van der Waals surface area contributed by atoms with Crippen LogP contribution in [-0.4, -0.2) is 10.1 Å². The minimum Gasteiger partial charge on any atom is -0.508 e. The highest BCUT2D eigenvalue weighted by Crippen LogP contribution is 2.24. The van der Waals surface area contributed by atoms with Gasteiger partial charge in [-0.15, -0.1) is 0 Å². The Morgan fingerprint density at radius 1 is 1.23 bits per heavy atom. The molecule has 0 saturated carbocycles. The van der Waals surface area contributed by atoms with E-state index in [-0.39, 0.29) is 10.9 Å². The minimum atomic E-state index is -0.300. The molecular formula is C9H6FNOS. The van der Waals surface area contributed by atoms with Crippen LogP contribution in [0.25, 0.3) is 11.3 Å². The number of aromatic nitrogens is 1. The van der Waals surface area contributed by atoms with E-state index in [0.29, 0.717) is 11.3 Å². The van der Waals surface area contributed by atoms with Gasteiger partial charge >= 0.3 is 0 Å². The van der Waals surface area contributed by atoms with E-state index in [1.165, 1.54) is 17.6 Å². The lowest BCUT2D eigenvalue weighted by Crippen LogP contribution is -1.79. The van der Waals surface area contributed by atoms with Gasteiger partial charge in [-0.3, -0.25) is 0 Å². The zero-order chi connectivity index (χ0) is 9.26. The summed E-state index contributed by atoms with van der Waals surface area (Å²) in [7, 11) is 0. The molecule has 0 aliphatic rings. The molecule has 0 bridgehead atoms. The van der Waals surface area contributed by atoms with E-state index in [2.05, 4.69) is 4.98 Å². The fraction of sp³-hybridized carbons (Fsp3) is 0. The predicted molar refractivity (Wildman–Crippen MR) is 49.2 cm³/mol. The highest BCUT2D eigenvalue weighted by atomic mass is 32.1. The maximum Gasteiger partial charge on any atom is 0.204 e. The van der Waals surface area contributed by atoms with Crippen LogP contribution < -0.4 is 0 Å². The van der Waals surface area contributed by atoms with E-state index in [0.717, 1.165) is 11.3 Å². The van der Waals surface area contributed by atoms with Crippen LogP contribution in [0.4, 0.5) is 4.39 Å². The van der Waals surface area contributed by atoms with E-state index in [1.807, 2.05) is 0 Å². The van der Waals surface area contributed by atoms with Gasteiger partial charge < -0.3 is 5.11 Å². The SMILES string of the molecule is Oc1ccc(-c2ncsc2F)cc1. The second-order valence-electron chi connectivity index (χ2n) is 2.52. The van der Waals surface area contributed by atoms with Gasteiger partial charge in [-0.2, -0.15) is 4.39 Å². The Morgan fingerprint density at radius 2 is 1.92 bits per heavy atom. The standard InChI is InChI=1S/C9H6FNOS/c10-9-8(11-5-13-9)6-1-3-7(12)4-2-6/h1-5,12H. The smallest absolute Gasteiger partial charge is 0.204 e. The van der Waals surface area contributed by atoms with E-state index >= 15 is 0 Å². The molecule has 1 aromatic carbocycles. The topological polar surface area (TPSA) is 33.1 Å². The van der Waals surface area contributed by atoms with Gasteiger partial charge in [0, 0.05) is 5.56 Å². The first kappa shape index (κ1) is 8.19. The molecule has 0 atom stereocenters. The van der Waals surface area contributed by atoms with Crippen molar-refractivity contribution in [3.8, 4) is 17.0 Å². The van der Waals surface area contributed by atoms with Crippen LogP contribution in [0.2, 0.25) is 0 Å². The lowest BCUT2D eigenvalue weighted by atomic mass is 10.2. The van der Waals surface area contributed by atoms with Gasteiger partial charge in [0.15, 0.2) is 0 Å². The Kier molecular flexibility index (Phi) is 1.98. The number of hydrogen-bond acceptors (Lipinski definition) is 3. The van der Waals surface area contributed by atoms with Gasteiger partial charge in [-0.1, -0.05) is 11.3 Å². The van der Waals surface area contributed by atoms with Crippen LogP contribution in [0.1, 0.15) is 0 Å². The Bertz CT molecular complexity index is 410. The Morgan fingerprint density at radius 3 is 2.46 bits per heavy atom. The van der Waals surface area contributed by atoms with E-state index in [4.69, 9.17) is 5.11 Å². The van der Waals surface area contributed by atoms with Gasteiger partial charge in [0.1, 0.15) is 11.4 Å². The molecule has 0 aliphatic heterocycles. The van der Waals surface area contributed by atoms with Gasteiger partial charge in [0.2, 0.25) is 5.13 Å². The number of nitrogens with zero attached hydrogens (tertiary/aromatic N) is 1. The molecule has 0 amide bonds. The summed E-state index contributed by atoms with van der Waals surface area (Å²) in [6.07, 6.45) is 0. The summed E-state index contributed by atoms with van der Waals surface area (Å²) < 4.78 is 13.0. The van der Waals surface area contributed by atoms with Crippen molar-refractivity contribution in [2.45, 2.75) is 0 Å². The molecular weight excluding hydrogens is 189 g/mol. The third-order valence-corrected chi connectivity index (χ3v) is 2.28. The van der Waals surface area contributed by atoms with Crippen LogP contribution in [0, 0.1) is 5.13 Å². The summed E-state index contributed by atoms with van der Waals surface area (Å²) in [6.45, 7) is 0. The van der Waals surface area contributed by atoms with Gasteiger partial charge in [-0.05, 0) is 24.3 Å². The number of halogens is 1. The summed E-state index contributed by atoms with van der Waals surface area (Å²) in [5.41, 5.74) is 2.47. The molecule has 2 rings (SSSR count). The van der Waals surface area contributed by atoms with Crippen LogP contribution >= 0.6 is 11.3 Å². The molecule has 0 saturated heterocycles. The molecule has 1 aromatic heterocycles. The zero-order valence-corrected chi connectivity index (χ0v) is 7.38. The van der Waals surface area contributed by atoms with Crippen molar-refractivity contribution < 1.29 is 9.50 Å². The number of phenolic OH excluding ortho intramolecular Hbond substituents is 1. The van der Waals surface area contributed by atoms with Gasteiger partial charge in [0.25, 0.3) is 0 Å². The third-order valence-electron chi connectivity index (χ3n) is 1.66. The fourth-order valence-electron chi connectivity index (χ4n) is 1.04. The van der Waals surface area contributed by atoms with Crippen molar-refractivity contribution >= 4 is 11.3 Å². The molecule has 0 aliphatic carbocycles. The van der Waals surface area contributed by atoms with E-state index < -0.39 is 0 Å². The molecule has 0 unspecified atom stereocenters. The van der Waals surface area contributed by atoms with Crippen molar-refractivity contribution in [3.63, 3.8) is 0 Å². The molecule has 1 heterocycles. The van der Waals surface area contributed by atoms with Crippen molar-refractivity contribution in [2.75, 3.05) is 0 Å². The molecule has 13 heavy (non-hydrogen) atoms. The first-order valence-electron chi connectivity index (χ1n) is 3.66. The molecule has 2 nitrogen and oxygen atoms in total. The largest absolute Gasteiger partial charge is 0.508 e. The normalized spacial score (nSPS) is 10.2. The number of aromatic hydroxyl groups is 1. The van der Waals surface area contributed by atoms with Crippen LogP contribution in [0.15, 0.2) is 29.8 Å².